The van der Waals surface area contributed by atoms with Crippen LogP contribution in [0.15, 0.2) is 23.8 Å². The Labute approximate surface area is 173 Å². The van der Waals surface area contributed by atoms with Crippen LogP contribution in [0.2, 0.25) is 0 Å². The second-order valence-corrected chi connectivity index (χ2v) is 10.7. The second-order valence-electron chi connectivity index (χ2n) is 9.61. The number of aliphatic hydroxyl groups excluding tert-OH is 1. The fraction of sp³-hybridized carbons (Fsp3) is 0.682. The minimum Gasteiger partial charge on any atom is -0.388 e. The first-order chi connectivity index (χ1) is 13.0. The van der Waals surface area contributed by atoms with Gasteiger partial charge in [0.1, 0.15) is 18.0 Å². The van der Waals surface area contributed by atoms with Gasteiger partial charge in [0.2, 0.25) is 0 Å². The lowest BCUT2D eigenvalue weighted by atomic mass is 9.46. The normalized spacial score (nSPS) is 49.9. The number of halogens is 1. The summed E-state index contributed by atoms with van der Waals surface area (Å²) < 4.78 is 0. The van der Waals surface area contributed by atoms with Crippen molar-refractivity contribution in [3.63, 3.8) is 0 Å². The molecule has 0 aliphatic heterocycles. The van der Waals surface area contributed by atoms with Gasteiger partial charge in [0.15, 0.2) is 11.6 Å². The molecule has 3 fully saturated rings. The fourth-order valence-electron chi connectivity index (χ4n) is 7.09. The molecule has 0 aromatic rings. The van der Waals surface area contributed by atoms with E-state index in [0.29, 0.717) is 12.8 Å². The Bertz CT molecular complexity index is 831. The average molecular weight is 451 g/mol. The number of carbonyl (C=O) groups is 3. The Hall–Kier alpha value is -1.11. The van der Waals surface area contributed by atoms with Crippen LogP contribution in [0, 0.1) is 34.5 Å². The van der Waals surface area contributed by atoms with Gasteiger partial charge < -0.3 is 10.2 Å². The molecule has 6 heteroatoms. The van der Waals surface area contributed by atoms with E-state index >= 15 is 0 Å². The molecular formula is C22H27BrO5. The first-order valence-corrected chi connectivity index (χ1v) is 10.9. The standard InChI is InChI=1S/C22H27BrO5/c1-11-6-14-13-8-16(23)15-7-12(25)4-5-20(15,2)19(13)17(26)9-21(14,3)22(11,28)18(27)10-24/h4-5,7,11,13-14,16,19,24,28H,6,8-10H2,1-3H3/t11-,13+,14+,16-,19-,20+,21+,22+/m1/s1. The van der Waals surface area contributed by atoms with E-state index < -0.39 is 28.8 Å². The van der Waals surface area contributed by atoms with Gasteiger partial charge in [0.25, 0.3) is 0 Å². The second kappa shape index (κ2) is 6.19. The lowest BCUT2D eigenvalue weighted by molar-refractivity contribution is -0.173. The van der Waals surface area contributed by atoms with Crippen molar-refractivity contribution >= 4 is 33.3 Å². The molecule has 0 unspecified atom stereocenters. The van der Waals surface area contributed by atoms with Crippen molar-refractivity contribution in [2.45, 2.75) is 50.5 Å². The molecule has 4 rings (SSSR count). The Morgan fingerprint density at radius 2 is 1.96 bits per heavy atom. The molecule has 0 saturated heterocycles. The number of hydrogen-bond donors (Lipinski definition) is 2. The highest BCUT2D eigenvalue weighted by Crippen LogP contribution is 2.67. The zero-order valence-corrected chi connectivity index (χ0v) is 18.0. The molecule has 4 aliphatic rings. The van der Waals surface area contributed by atoms with Crippen molar-refractivity contribution in [1.29, 1.82) is 0 Å². The van der Waals surface area contributed by atoms with Crippen LogP contribution in [-0.4, -0.2) is 44.6 Å². The first-order valence-electron chi connectivity index (χ1n) is 9.99. The number of carbonyl (C=O) groups excluding carboxylic acids is 3. The zero-order valence-electron chi connectivity index (χ0n) is 16.4. The maximum absolute atomic E-state index is 13.5. The van der Waals surface area contributed by atoms with Gasteiger partial charge in [-0.3, -0.25) is 14.4 Å². The van der Waals surface area contributed by atoms with E-state index in [9.17, 15) is 24.6 Å². The van der Waals surface area contributed by atoms with Crippen LogP contribution in [0.5, 0.6) is 0 Å². The van der Waals surface area contributed by atoms with Crippen LogP contribution < -0.4 is 0 Å². The van der Waals surface area contributed by atoms with E-state index in [0.717, 1.165) is 5.57 Å². The molecule has 152 valence electrons. The number of ketones is 3. The van der Waals surface area contributed by atoms with Crippen LogP contribution in [0.25, 0.3) is 0 Å². The zero-order chi connectivity index (χ0) is 20.6. The fourth-order valence-corrected chi connectivity index (χ4v) is 8.15. The molecular weight excluding hydrogens is 424 g/mol. The molecule has 0 aromatic heterocycles. The Balaban J connectivity index is 1.82. The van der Waals surface area contributed by atoms with Crippen LogP contribution in [0.3, 0.4) is 0 Å². The summed E-state index contributed by atoms with van der Waals surface area (Å²) >= 11 is 3.74. The highest BCUT2D eigenvalue weighted by molar-refractivity contribution is 9.09. The minimum atomic E-state index is -1.69. The minimum absolute atomic E-state index is 0.00130. The quantitative estimate of drug-likeness (QED) is 0.630. The smallest absolute Gasteiger partial charge is 0.190 e. The number of rotatable bonds is 2. The average Bonchev–Trinajstić information content (AvgIpc) is 2.83. The molecule has 0 bridgehead atoms. The summed E-state index contributed by atoms with van der Waals surface area (Å²) in [6.45, 7) is 5.00. The molecule has 0 heterocycles. The number of aliphatic hydroxyl groups is 2. The summed E-state index contributed by atoms with van der Waals surface area (Å²) in [7, 11) is 0. The molecule has 0 amide bonds. The first kappa shape index (κ1) is 20.2. The molecule has 5 nitrogen and oxygen atoms in total. The molecule has 3 saturated carbocycles. The maximum atomic E-state index is 13.5. The van der Waals surface area contributed by atoms with Crippen molar-refractivity contribution in [2.75, 3.05) is 6.61 Å². The van der Waals surface area contributed by atoms with Crippen molar-refractivity contribution in [2.24, 2.45) is 34.5 Å². The summed E-state index contributed by atoms with van der Waals surface area (Å²) in [4.78, 5) is 38.0. The third kappa shape index (κ3) is 2.28. The monoisotopic (exact) mass is 450 g/mol. The summed E-state index contributed by atoms with van der Waals surface area (Å²) in [6, 6.07) is 0. The predicted molar refractivity (Wildman–Crippen MR) is 107 cm³/mol. The molecule has 4 aliphatic carbocycles. The third-order valence-corrected chi connectivity index (χ3v) is 9.26. The van der Waals surface area contributed by atoms with Crippen LogP contribution in [0.1, 0.15) is 40.0 Å². The van der Waals surface area contributed by atoms with Gasteiger partial charge in [-0.25, -0.2) is 0 Å². The highest BCUT2D eigenvalue weighted by atomic mass is 79.9. The largest absolute Gasteiger partial charge is 0.388 e. The third-order valence-electron chi connectivity index (χ3n) is 8.39. The SMILES string of the molecule is C[C@@H]1C[C@H]2[C@@H]3C[C@@H](Br)C4=CC(=O)C=C[C@]4(C)[C@H]3C(=O)C[C@]2(C)[C@@]1(O)C(=O)CO. The van der Waals surface area contributed by atoms with E-state index in [1.165, 1.54) is 0 Å². The van der Waals surface area contributed by atoms with Crippen molar-refractivity contribution < 1.29 is 24.6 Å². The molecule has 28 heavy (non-hydrogen) atoms. The van der Waals surface area contributed by atoms with Crippen molar-refractivity contribution in [1.82, 2.24) is 0 Å². The molecule has 8 atom stereocenters. The van der Waals surface area contributed by atoms with E-state index in [1.807, 2.05) is 26.8 Å². The van der Waals surface area contributed by atoms with Crippen molar-refractivity contribution in [3.8, 4) is 0 Å². The van der Waals surface area contributed by atoms with E-state index in [1.54, 1.807) is 12.2 Å². The van der Waals surface area contributed by atoms with Crippen LogP contribution in [0.4, 0.5) is 0 Å². The lowest BCUT2D eigenvalue weighted by Crippen LogP contribution is -2.62. The van der Waals surface area contributed by atoms with Gasteiger partial charge in [-0.15, -0.1) is 0 Å². The van der Waals surface area contributed by atoms with Gasteiger partial charge in [-0.1, -0.05) is 42.8 Å². The van der Waals surface area contributed by atoms with Gasteiger partial charge in [0.05, 0.1) is 0 Å². The molecule has 0 spiro atoms. The van der Waals surface area contributed by atoms with Gasteiger partial charge in [-0.2, -0.15) is 0 Å². The van der Waals surface area contributed by atoms with Gasteiger partial charge in [0, 0.05) is 28.0 Å². The predicted octanol–water partition coefficient (Wildman–Crippen LogP) is 2.39. The maximum Gasteiger partial charge on any atom is 0.190 e. The Morgan fingerprint density at radius 1 is 1.29 bits per heavy atom. The summed E-state index contributed by atoms with van der Waals surface area (Å²) in [5, 5.41) is 20.9. The topological polar surface area (TPSA) is 91.7 Å². The molecule has 2 N–H and O–H groups in total. The molecule has 0 aromatic carbocycles. The number of alkyl halides is 1. The van der Waals surface area contributed by atoms with E-state index in [-0.39, 0.29) is 46.5 Å². The van der Waals surface area contributed by atoms with Crippen molar-refractivity contribution in [3.05, 3.63) is 23.8 Å². The number of Topliss-reactive ketones (excluding diaryl/α,β-unsaturated/α-hetero) is 2. The summed E-state index contributed by atoms with van der Waals surface area (Å²) in [6.07, 6.45) is 6.53. The number of allylic oxidation sites excluding steroid dienone is 4. The van der Waals surface area contributed by atoms with Crippen LogP contribution in [-0.2, 0) is 14.4 Å². The van der Waals surface area contributed by atoms with E-state index in [4.69, 9.17) is 0 Å². The van der Waals surface area contributed by atoms with E-state index in [2.05, 4.69) is 15.9 Å². The highest BCUT2D eigenvalue weighted by Gasteiger charge is 2.71. The Morgan fingerprint density at radius 3 is 2.61 bits per heavy atom. The molecule has 0 radical (unpaired) electrons. The van der Waals surface area contributed by atoms with Crippen LogP contribution >= 0.6 is 15.9 Å². The summed E-state index contributed by atoms with van der Waals surface area (Å²) in [5.41, 5.74) is -2.16. The lowest BCUT2D eigenvalue weighted by Gasteiger charge is -2.57. The Kier molecular flexibility index (Phi) is 4.46. The van der Waals surface area contributed by atoms with Gasteiger partial charge in [-0.05, 0) is 48.3 Å². The van der Waals surface area contributed by atoms with Gasteiger partial charge >= 0.3 is 0 Å². The summed E-state index contributed by atoms with van der Waals surface area (Å²) in [5.74, 6) is -1.20. The number of fused-ring (bicyclic) bond motifs is 5. The number of hydrogen-bond acceptors (Lipinski definition) is 5.